The molecule has 34 heavy (non-hydrogen) atoms. The number of aliphatic hydroxyl groups excluding tert-OH is 1. The van der Waals surface area contributed by atoms with Crippen LogP contribution in [0.15, 0.2) is 41.1 Å². The Morgan fingerprint density at radius 1 is 1.26 bits per heavy atom. The molecule has 8 heteroatoms. The van der Waals surface area contributed by atoms with Crippen LogP contribution >= 0.6 is 0 Å². The Bertz CT molecular complexity index is 1210. The molecule has 2 aromatic heterocycles. The molecule has 2 saturated heterocycles. The van der Waals surface area contributed by atoms with Crippen molar-refractivity contribution in [3.8, 4) is 5.75 Å². The Morgan fingerprint density at radius 3 is 2.88 bits per heavy atom. The fourth-order valence-corrected chi connectivity index (χ4v) is 5.56. The molecule has 0 unspecified atom stereocenters. The number of nitrogens with one attached hydrogen (secondary N) is 2. The molecule has 2 fully saturated rings. The van der Waals surface area contributed by atoms with Gasteiger partial charge in [-0.2, -0.15) is 0 Å². The highest BCUT2D eigenvalue weighted by Gasteiger charge is 2.41. The lowest BCUT2D eigenvalue weighted by molar-refractivity contribution is 0.0600. The van der Waals surface area contributed by atoms with Gasteiger partial charge in [0.25, 0.3) is 5.91 Å². The molecule has 8 nitrogen and oxygen atoms in total. The van der Waals surface area contributed by atoms with E-state index in [0.717, 1.165) is 81.0 Å². The number of aliphatic hydroxyl groups is 1. The van der Waals surface area contributed by atoms with Gasteiger partial charge in [0.1, 0.15) is 28.7 Å². The summed E-state index contributed by atoms with van der Waals surface area (Å²) in [6.07, 6.45) is 7.80. The maximum Gasteiger partial charge on any atom is 0.261 e. The number of nitrogens with zero attached hydrogens (tertiary/aromatic N) is 2. The normalized spacial score (nSPS) is 19.9. The van der Waals surface area contributed by atoms with E-state index >= 15 is 0 Å². The molecule has 3 N–H and O–H groups in total. The van der Waals surface area contributed by atoms with Gasteiger partial charge in [0.15, 0.2) is 5.58 Å². The molecular formula is C26H30N4O4. The molecule has 5 heterocycles. The summed E-state index contributed by atoms with van der Waals surface area (Å²) in [6, 6.07) is 7.79. The van der Waals surface area contributed by atoms with Gasteiger partial charge in [-0.05, 0) is 62.9 Å². The number of pyridine rings is 1. The molecule has 0 radical (unpaired) electrons. The Balaban J connectivity index is 1.33. The molecule has 0 saturated carbocycles. The lowest BCUT2D eigenvalue weighted by atomic mass is 9.88. The fourth-order valence-electron chi connectivity index (χ4n) is 5.56. The molecule has 1 spiro atoms. The average molecular weight is 463 g/mol. The highest BCUT2D eigenvalue weighted by Crippen LogP contribution is 2.45. The topological polar surface area (TPSA) is 99.9 Å². The highest BCUT2D eigenvalue weighted by atomic mass is 16.5. The van der Waals surface area contributed by atoms with Crippen molar-refractivity contribution in [3.63, 3.8) is 0 Å². The number of amides is 1. The molecule has 3 aromatic rings. The molecule has 3 aliphatic heterocycles. The summed E-state index contributed by atoms with van der Waals surface area (Å²) < 4.78 is 12.1. The standard InChI is InChI=1S/C26H30N4O4/c31-15-17-3-10-30(11-4-17)21-13-23-18(14-26(34-23)5-8-27-9-6-26)12-20(21)29-25(32)19-16-33-22-2-1-7-28-24(19)22/h1-2,7,12-13,16-17,27,31H,3-6,8-11,14-15H2,(H,29,32). The van der Waals surface area contributed by atoms with Crippen LogP contribution in [-0.2, 0) is 6.42 Å². The highest BCUT2D eigenvalue weighted by molar-refractivity contribution is 6.12. The van der Waals surface area contributed by atoms with Crippen molar-refractivity contribution in [1.29, 1.82) is 0 Å². The van der Waals surface area contributed by atoms with Gasteiger partial charge in [-0.1, -0.05) is 0 Å². The van der Waals surface area contributed by atoms with Gasteiger partial charge < -0.3 is 29.8 Å². The molecule has 1 amide bonds. The van der Waals surface area contributed by atoms with Crippen LogP contribution in [0.3, 0.4) is 0 Å². The molecule has 3 aliphatic rings. The molecule has 6 rings (SSSR count). The zero-order valence-corrected chi connectivity index (χ0v) is 19.2. The van der Waals surface area contributed by atoms with Crippen molar-refractivity contribution in [2.24, 2.45) is 5.92 Å². The summed E-state index contributed by atoms with van der Waals surface area (Å²) in [5.74, 6) is 1.02. The summed E-state index contributed by atoms with van der Waals surface area (Å²) in [4.78, 5) is 19.9. The van der Waals surface area contributed by atoms with E-state index in [4.69, 9.17) is 9.15 Å². The number of furan rings is 1. The second kappa shape index (κ2) is 8.60. The van der Waals surface area contributed by atoms with Crippen LogP contribution < -0.4 is 20.3 Å². The summed E-state index contributed by atoms with van der Waals surface area (Å²) in [7, 11) is 0. The maximum absolute atomic E-state index is 13.3. The van der Waals surface area contributed by atoms with E-state index in [1.54, 1.807) is 18.3 Å². The molecule has 1 aromatic carbocycles. The Hall–Kier alpha value is -3.10. The smallest absolute Gasteiger partial charge is 0.261 e. The number of anilines is 2. The van der Waals surface area contributed by atoms with Gasteiger partial charge in [-0.25, -0.2) is 0 Å². The van der Waals surface area contributed by atoms with E-state index in [-0.39, 0.29) is 18.1 Å². The Labute approximate surface area is 198 Å². The van der Waals surface area contributed by atoms with Crippen molar-refractivity contribution in [1.82, 2.24) is 10.3 Å². The summed E-state index contributed by atoms with van der Waals surface area (Å²) in [5, 5.41) is 16.1. The SMILES string of the molecule is O=C(Nc1cc2c(cc1N1CCC(CO)CC1)OC1(CCNCC1)C2)c1coc2cccnc12. The monoisotopic (exact) mass is 462 g/mol. The number of rotatable bonds is 4. The van der Waals surface area contributed by atoms with Gasteiger partial charge in [-0.15, -0.1) is 0 Å². The minimum atomic E-state index is -0.237. The van der Waals surface area contributed by atoms with Crippen molar-refractivity contribution < 1.29 is 19.1 Å². The van der Waals surface area contributed by atoms with Gasteiger partial charge in [-0.3, -0.25) is 9.78 Å². The zero-order chi connectivity index (χ0) is 23.1. The fraction of sp³-hybridized carbons (Fsp3) is 0.462. The minimum Gasteiger partial charge on any atom is -0.486 e. The van der Waals surface area contributed by atoms with E-state index in [2.05, 4.69) is 32.7 Å². The first-order chi connectivity index (χ1) is 16.6. The molecule has 0 atom stereocenters. The minimum absolute atomic E-state index is 0.151. The van der Waals surface area contributed by atoms with Gasteiger partial charge in [0.2, 0.25) is 0 Å². The number of hydrogen-bond donors (Lipinski definition) is 3. The van der Waals surface area contributed by atoms with Crippen LogP contribution in [0.25, 0.3) is 11.1 Å². The second-order valence-corrected chi connectivity index (χ2v) is 9.76. The van der Waals surface area contributed by atoms with Crippen LogP contribution in [0.5, 0.6) is 5.75 Å². The van der Waals surface area contributed by atoms with E-state index in [9.17, 15) is 9.90 Å². The third kappa shape index (κ3) is 3.80. The van der Waals surface area contributed by atoms with Crippen LogP contribution in [-0.4, -0.2) is 54.4 Å². The number of aromatic nitrogens is 1. The van der Waals surface area contributed by atoms with Crippen LogP contribution in [0.1, 0.15) is 41.6 Å². The first-order valence-corrected chi connectivity index (χ1v) is 12.2. The van der Waals surface area contributed by atoms with Crippen molar-refractivity contribution in [3.05, 3.63) is 47.9 Å². The Morgan fingerprint density at radius 2 is 2.09 bits per heavy atom. The predicted octanol–water partition coefficient (Wildman–Crippen LogP) is 3.35. The van der Waals surface area contributed by atoms with Crippen LogP contribution in [0, 0.1) is 5.92 Å². The zero-order valence-electron chi connectivity index (χ0n) is 19.2. The first kappa shape index (κ1) is 21.4. The van der Waals surface area contributed by atoms with Crippen molar-refractivity contribution in [2.75, 3.05) is 43.0 Å². The van der Waals surface area contributed by atoms with Gasteiger partial charge in [0.05, 0.1) is 11.4 Å². The first-order valence-electron chi connectivity index (χ1n) is 12.2. The number of ether oxygens (including phenoxy) is 1. The summed E-state index contributed by atoms with van der Waals surface area (Å²) in [5.41, 5.74) is 4.31. The maximum atomic E-state index is 13.3. The largest absolute Gasteiger partial charge is 0.486 e. The van der Waals surface area contributed by atoms with E-state index in [0.29, 0.717) is 22.6 Å². The number of piperidine rings is 2. The number of fused-ring (bicyclic) bond motifs is 2. The third-order valence-corrected chi connectivity index (χ3v) is 7.57. The number of hydrogen-bond acceptors (Lipinski definition) is 7. The van der Waals surface area contributed by atoms with Crippen LogP contribution in [0.4, 0.5) is 11.4 Å². The third-order valence-electron chi connectivity index (χ3n) is 7.57. The van der Waals surface area contributed by atoms with Crippen molar-refractivity contribution >= 4 is 28.4 Å². The van der Waals surface area contributed by atoms with Crippen molar-refractivity contribution in [2.45, 2.75) is 37.7 Å². The van der Waals surface area contributed by atoms with Gasteiger partial charge >= 0.3 is 0 Å². The number of benzene rings is 1. The van der Waals surface area contributed by atoms with E-state index < -0.39 is 0 Å². The van der Waals surface area contributed by atoms with E-state index in [1.165, 1.54) is 6.26 Å². The quantitative estimate of drug-likeness (QED) is 0.547. The lowest BCUT2D eigenvalue weighted by Gasteiger charge is -2.34. The predicted molar refractivity (Wildman–Crippen MR) is 130 cm³/mol. The number of carbonyl (C=O) groups excluding carboxylic acids is 1. The van der Waals surface area contributed by atoms with E-state index in [1.807, 2.05) is 0 Å². The lowest BCUT2D eigenvalue weighted by Crippen LogP contribution is -2.45. The summed E-state index contributed by atoms with van der Waals surface area (Å²) in [6.45, 7) is 3.80. The summed E-state index contributed by atoms with van der Waals surface area (Å²) >= 11 is 0. The molecule has 0 bridgehead atoms. The van der Waals surface area contributed by atoms with Crippen LogP contribution in [0.2, 0.25) is 0 Å². The molecule has 178 valence electrons. The second-order valence-electron chi connectivity index (χ2n) is 9.76. The molecular weight excluding hydrogens is 432 g/mol. The Kier molecular flexibility index (Phi) is 5.42. The number of carbonyl (C=O) groups is 1. The average Bonchev–Trinajstić information content (AvgIpc) is 3.45. The van der Waals surface area contributed by atoms with Gasteiger partial charge in [0, 0.05) is 43.9 Å². The molecule has 0 aliphatic carbocycles.